The second kappa shape index (κ2) is 9.66. The molecule has 1 aromatic rings. The molecule has 0 saturated carbocycles. The van der Waals surface area contributed by atoms with Crippen molar-refractivity contribution < 1.29 is 4.74 Å². The van der Waals surface area contributed by atoms with E-state index in [2.05, 4.69) is 40.4 Å². The second-order valence-corrected chi connectivity index (χ2v) is 7.27. The van der Waals surface area contributed by atoms with E-state index in [1.807, 2.05) is 25.2 Å². The van der Waals surface area contributed by atoms with Gasteiger partial charge >= 0.3 is 0 Å². The summed E-state index contributed by atoms with van der Waals surface area (Å²) in [6.07, 6.45) is 4.90. The molecule has 1 fully saturated rings. The molecular weight excluding hydrogens is 312 g/mol. The zero-order valence-electron chi connectivity index (χ0n) is 16.3. The average molecular weight is 347 g/mol. The summed E-state index contributed by atoms with van der Waals surface area (Å²) in [7, 11) is 3.54. The molecule has 0 unspecified atom stereocenters. The highest BCUT2D eigenvalue weighted by Gasteiger charge is 2.27. The lowest BCUT2D eigenvalue weighted by Gasteiger charge is -2.41. The Morgan fingerprint density at radius 2 is 1.88 bits per heavy atom. The Labute approximate surface area is 152 Å². The molecule has 0 amide bonds. The Balaban J connectivity index is 1.78. The Hall–Kier alpha value is -1.75. The van der Waals surface area contributed by atoms with Crippen molar-refractivity contribution in [2.45, 2.75) is 45.1 Å². The largest absolute Gasteiger partial charge is 0.496 e. The molecular formula is C20H34N4O. The van der Waals surface area contributed by atoms with E-state index in [0.717, 1.165) is 31.2 Å². The number of rotatable bonds is 7. The van der Waals surface area contributed by atoms with Crippen LogP contribution in [0.4, 0.5) is 0 Å². The van der Waals surface area contributed by atoms with E-state index in [1.165, 1.54) is 37.9 Å². The van der Waals surface area contributed by atoms with Crippen LogP contribution in [0, 0.1) is 0 Å². The molecule has 0 aliphatic carbocycles. The van der Waals surface area contributed by atoms with E-state index in [4.69, 9.17) is 4.74 Å². The number of aliphatic imine (C=N–C) groups is 1. The lowest BCUT2D eigenvalue weighted by atomic mass is 9.98. The van der Waals surface area contributed by atoms with Crippen molar-refractivity contribution in [3.05, 3.63) is 29.8 Å². The van der Waals surface area contributed by atoms with Gasteiger partial charge in [-0.2, -0.15) is 0 Å². The number of benzene rings is 1. The van der Waals surface area contributed by atoms with Gasteiger partial charge in [0.1, 0.15) is 5.75 Å². The zero-order chi connectivity index (χ0) is 18.1. The van der Waals surface area contributed by atoms with Crippen molar-refractivity contribution in [1.82, 2.24) is 15.5 Å². The summed E-state index contributed by atoms with van der Waals surface area (Å²) in [4.78, 5) is 6.94. The van der Waals surface area contributed by atoms with Gasteiger partial charge in [-0.15, -0.1) is 0 Å². The van der Waals surface area contributed by atoms with Gasteiger partial charge in [0.25, 0.3) is 0 Å². The van der Waals surface area contributed by atoms with Gasteiger partial charge in [0, 0.05) is 25.7 Å². The monoisotopic (exact) mass is 346 g/mol. The third-order valence-electron chi connectivity index (χ3n) is 5.00. The smallest absolute Gasteiger partial charge is 0.191 e. The zero-order valence-corrected chi connectivity index (χ0v) is 16.3. The fourth-order valence-electron chi connectivity index (χ4n) is 3.36. The van der Waals surface area contributed by atoms with E-state index >= 15 is 0 Å². The standard InChI is InChI=1S/C20H34N4O/c1-20(2,24-14-8-5-9-15-24)16-23-19(21-3)22-13-12-17-10-6-7-11-18(17)25-4/h6-7,10-11H,5,8-9,12-16H2,1-4H3,(H2,21,22,23). The first kappa shape index (κ1) is 19.6. The Bertz CT molecular complexity index is 550. The van der Waals surface area contributed by atoms with Crippen LogP contribution in [-0.2, 0) is 6.42 Å². The maximum atomic E-state index is 5.41. The minimum absolute atomic E-state index is 0.140. The van der Waals surface area contributed by atoms with Crippen LogP contribution >= 0.6 is 0 Å². The molecule has 0 atom stereocenters. The lowest BCUT2D eigenvalue weighted by molar-refractivity contribution is 0.0982. The van der Waals surface area contributed by atoms with Crippen molar-refractivity contribution >= 4 is 5.96 Å². The van der Waals surface area contributed by atoms with E-state index in [-0.39, 0.29) is 5.54 Å². The number of piperidine rings is 1. The summed E-state index contributed by atoms with van der Waals surface area (Å²) in [5.41, 5.74) is 1.35. The van der Waals surface area contributed by atoms with Gasteiger partial charge < -0.3 is 15.4 Å². The van der Waals surface area contributed by atoms with Gasteiger partial charge in [-0.1, -0.05) is 24.6 Å². The molecule has 1 aromatic carbocycles. The quantitative estimate of drug-likeness (QED) is 0.589. The molecule has 140 valence electrons. The molecule has 1 heterocycles. The molecule has 1 aliphatic heterocycles. The van der Waals surface area contributed by atoms with Crippen LogP contribution in [0.2, 0.25) is 0 Å². The van der Waals surface area contributed by atoms with Crippen molar-refractivity contribution in [2.75, 3.05) is 40.3 Å². The van der Waals surface area contributed by atoms with Crippen LogP contribution in [0.3, 0.4) is 0 Å². The van der Waals surface area contributed by atoms with Crippen molar-refractivity contribution in [1.29, 1.82) is 0 Å². The Kier molecular flexibility index (Phi) is 7.56. The van der Waals surface area contributed by atoms with Gasteiger partial charge in [0.2, 0.25) is 0 Å². The first-order valence-corrected chi connectivity index (χ1v) is 9.38. The normalized spacial score (nSPS) is 16.6. The number of likely N-dealkylation sites (tertiary alicyclic amines) is 1. The maximum Gasteiger partial charge on any atom is 0.191 e. The maximum absolute atomic E-state index is 5.41. The molecule has 5 heteroatoms. The summed E-state index contributed by atoms with van der Waals surface area (Å²) in [5, 5.41) is 6.90. The van der Waals surface area contributed by atoms with E-state index in [0.29, 0.717) is 0 Å². The number of hydrogen-bond donors (Lipinski definition) is 2. The molecule has 1 saturated heterocycles. The second-order valence-electron chi connectivity index (χ2n) is 7.27. The molecule has 5 nitrogen and oxygen atoms in total. The van der Waals surface area contributed by atoms with E-state index in [9.17, 15) is 0 Å². The summed E-state index contributed by atoms with van der Waals surface area (Å²) >= 11 is 0. The van der Waals surface area contributed by atoms with Crippen LogP contribution in [0.1, 0.15) is 38.7 Å². The van der Waals surface area contributed by atoms with Gasteiger partial charge in [-0.05, 0) is 57.8 Å². The first-order chi connectivity index (χ1) is 12.1. The van der Waals surface area contributed by atoms with Crippen LogP contribution in [0.5, 0.6) is 5.75 Å². The number of methoxy groups -OCH3 is 1. The summed E-state index contributed by atoms with van der Waals surface area (Å²) < 4.78 is 5.41. The highest BCUT2D eigenvalue weighted by atomic mass is 16.5. The highest BCUT2D eigenvalue weighted by molar-refractivity contribution is 5.79. The summed E-state index contributed by atoms with van der Waals surface area (Å²) in [5.74, 6) is 1.80. The van der Waals surface area contributed by atoms with Gasteiger partial charge in [0.15, 0.2) is 5.96 Å². The number of guanidine groups is 1. The topological polar surface area (TPSA) is 48.9 Å². The summed E-state index contributed by atoms with van der Waals surface area (Å²) in [6, 6.07) is 8.16. The molecule has 25 heavy (non-hydrogen) atoms. The third kappa shape index (κ3) is 5.92. The minimum atomic E-state index is 0.140. The predicted octanol–water partition coefficient (Wildman–Crippen LogP) is 2.67. The number of hydrogen-bond acceptors (Lipinski definition) is 3. The minimum Gasteiger partial charge on any atom is -0.496 e. The van der Waals surface area contributed by atoms with Crippen molar-refractivity contribution in [2.24, 2.45) is 4.99 Å². The third-order valence-corrected chi connectivity index (χ3v) is 5.00. The fourth-order valence-corrected chi connectivity index (χ4v) is 3.36. The summed E-state index contributed by atoms with van der Waals surface area (Å²) in [6.45, 7) is 8.75. The van der Waals surface area contributed by atoms with E-state index < -0.39 is 0 Å². The molecule has 2 rings (SSSR count). The molecule has 0 bridgehead atoms. The number of nitrogens with zero attached hydrogens (tertiary/aromatic N) is 2. The van der Waals surface area contributed by atoms with Crippen LogP contribution in [-0.4, -0.2) is 56.7 Å². The van der Waals surface area contributed by atoms with Crippen LogP contribution in [0.25, 0.3) is 0 Å². The first-order valence-electron chi connectivity index (χ1n) is 9.38. The van der Waals surface area contributed by atoms with E-state index in [1.54, 1.807) is 7.11 Å². The van der Waals surface area contributed by atoms with Gasteiger partial charge in [0.05, 0.1) is 7.11 Å². The van der Waals surface area contributed by atoms with Crippen molar-refractivity contribution in [3.63, 3.8) is 0 Å². The van der Waals surface area contributed by atoms with Crippen LogP contribution < -0.4 is 15.4 Å². The molecule has 2 N–H and O–H groups in total. The van der Waals surface area contributed by atoms with Gasteiger partial charge in [-0.3, -0.25) is 9.89 Å². The highest BCUT2D eigenvalue weighted by Crippen LogP contribution is 2.20. The van der Waals surface area contributed by atoms with Crippen LogP contribution in [0.15, 0.2) is 29.3 Å². The molecule has 0 aromatic heterocycles. The number of para-hydroxylation sites is 1. The molecule has 0 spiro atoms. The Morgan fingerprint density at radius 1 is 1.16 bits per heavy atom. The average Bonchev–Trinajstić information content (AvgIpc) is 2.65. The predicted molar refractivity (Wildman–Crippen MR) is 106 cm³/mol. The lowest BCUT2D eigenvalue weighted by Crippen LogP contribution is -2.55. The fraction of sp³-hybridized carbons (Fsp3) is 0.650. The molecule has 0 radical (unpaired) electrons. The number of ether oxygens (including phenoxy) is 1. The number of nitrogens with one attached hydrogen (secondary N) is 2. The Morgan fingerprint density at radius 3 is 2.56 bits per heavy atom. The van der Waals surface area contributed by atoms with Gasteiger partial charge in [-0.25, -0.2) is 0 Å². The van der Waals surface area contributed by atoms with Crippen molar-refractivity contribution in [3.8, 4) is 5.75 Å². The molecule has 1 aliphatic rings. The SMILES string of the molecule is CN=C(NCCc1ccccc1OC)NCC(C)(C)N1CCCCC1.